The second-order valence-corrected chi connectivity index (χ2v) is 4.21. The maximum atomic E-state index is 13.4. The van der Waals surface area contributed by atoms with E-state index in [2.05, 4.69) is 6.07 Å². The highest BCUT2D eigenvalue weighted by Crippen LogP contribution is 2.30. The van der Waals surface area contributed by atoms with Gasteiger partial charge < -0.3 is 4.74 Å². The molecule has 80 valence electrons. The van der Waals surface area contributed by atoms with Crippen molar-refractivity contribution in [3.05, 3.63) is 41.0 Å². The number of hydrogen-bond donors (Lipinski definition) is 0. The van der Waals surface area contributed by atoms with Gasteiger partial charge in [0.05, 0.1) is 7.11 Å². The van der Waals surface area contributed by atoms with Crippen LogP contribution in [0.5, 0.6) is 5.75 Å². The lowest BCUT2D eigenvalue weighted by Crippen LogP contribution is -1.87. The fourth-order valence-electron chi connectivity index (χ4n) is 1.37. The largest absolute Gasteiger partial charge is 0.494 e. The maximum absolute atomic E-state index is 13.4. The zero-order valence-electron chi connectivity index (χ0n) is 8.53. The summed E-state index contributed by atoms with van der Waals surface area (Å²) in [5, 5.41) is 8.70. The smallest absolute Gasteiger partial charge is 0.165 e. The van der Waals surface area contributed by atoms with Crippen LogP contribution in [-0.4, -0.2) is 7.11 Å². The number of halogens is 1. The molecule has 0 saturated heterocycles. The molecule has 0 spiro atoms. The van der Waals surface area contributed by atoms with Crippen LogP contribution < -0.4 is 4.74 Å². The summed E-state index contributed by atoms with van der Waals surface area (Å²) in [7, 11) is 1.43. The van der Waals surface area contributed by atoms with Crippen molar-refractivity contribution in [1.82, 2.24) is 0 Å². The minimum atomic E-state index is -0.396. The average Bonchev–Trinajstić information content (AvgIpc) is 2.77. The molecule has 2 rings (SSSR count). The number of thiophene rings is 1. The van der Waals surface area contributed by atoms with E-state index in [9.17, 15) is 4.39 Å². The van der Waals surface area contributed by atoms with E-state index in [1.165, 1.54) is 24.5 Å². The SMILES string of the molecule is COc1ccc(-c2ccc(C#N)s2)cc1F. The second-order valence-electron chi connectivity index (χ2n) is 3.13. The van der Waals surface area contributed by atoms with E-state index in [4.69, 9.17) is 10.00 Å². The molecule has 0 fully saturated rings. The first-order valence-corrected chi connectivity index (χ1v) is 5.40. The minimum absolute atomic E-state index is 0.223. The number of rotatable bonds is 2. The first-order valence-electron chi connectivity index (χ1n) is 4.58. The quantitative estimate of drug-likeness (QED) is 0.796. The summed E-state index contributed by atoms with van der Waals surface area (Å²) < 4.78 is 18.3. The number of ether oxygens (including phenoxy) is 1. The van der Waals surface area contributed by atoms with E-state index in [0.717, 1.165) is 10.4 Å². The lowest BCUT2D eigenvalue weighted by Gasteiger charge is -2.03. The van der Waals surface area contributed by atoms with Crippen molar-refractivity contribution in [3.63, 3.8) is 0 Å². The first-order chi connectivity index (χ1) is 7.74. The van der Waals surface area contributed by atoms with Gasteiger partial charge in [0.1, 0.15) is 10.9 Å². The molecule has 0 amide bonds. The van der Waals surface area contributed by atoms with Crippen LogP contribution in [0.3, 0.4) is 0 Å². The number of benzene rings is 1. The Morgan fingerprint density at radius 3 is 2.69 bits per heavy atom. The van der Waals surface area contributed by atoms with Gasteiger partial charge in [0, 0.05) is 4.88 Å². The normalized spacial score (nSPS) is 9.81. The van der Waals surface area contributed by atoms with Gasteiger partial charge in [0.15, 0.2) is 11.6 Å². The van der Waals surface area contributed by atoms with Crippen molar-refractivity contribution in [2.75, 3.05) is 7.11 Å². The van der Waals surface area contributed by atoms with Gasteiger partial charge in [-0.15, -0.1) is 11.3 Å². The molecule has 0 N–H and O–H groups in total. The zero-order valence-corrected chi connectivity index (χ0v) is 9.34. The summed E-state index contributed by atoms with van der Waals surface area (Å²) in [6.07, 6.45) is 0. The third kappa shape index (κ3) is 1.90. The number of hydrogen-bond acceptors (Lipinski definition) is 3. The second kappa shape index (κ2) is 4.33. The molecule has 0 aliphatic carbocycles. The van der Waals surface area contributed by atoms with Crippen molar-refractivity contribution in [1.29, 1.82) is 5.26 Å². The average molecular weight is 233 g/mol. The van der Waals surface area contributed by atoms with E-state index in [1.54, 1.807) is 18.2 Å². The van der Waals surface area contributed by atoms with E-state index in [1.807, 2.05) is 6.07 Å². The Morgan fingerprint density at radius 1 is 1.31 bits per heavy atom. The fourth-order valence-corrected chi connectivity index (χ4v) is 2.17. The molecule has 0 saturated carbocycles. The molecule has 1 heterocycles. The van der Waals surface area contributed by atoms with Gasteiger partial charge in [-0.2, -0.15) is 5.26 Å². The molecule has 0 radical (unpaired) electrons. The summed E-state index contributed by atoms with van der Waals surface area (Å²) >= 11 is 1.34. The highest BCUT2D eigenvalue weighted by Gasteiger charge is 2.07. The lowest BCUT2D eigenvalue weighted by molar-refractivity contribution is 0.386. The standard InChI is InChI=1S/C12H8FNOS/c1-15-11-4-2-8(6-10(11)13)12-5-3-9(7-14)16-12/h2-6H,1H3. The highest BCUT2D eigenvalue weighted by molar-refractivity contribution is 7.16. The molecule has 2 aromatic rings. The molecule has 1 aromatic heterocycles. The van der Waals surface area contributed by atoms with Gasteiger partial charge >= 0.3 is 0 Å². The van der Waals surface area contributed by atoms with Crippen molar-refractivity contribution >= 4 is 11.3 Å². The third-order valence-electron chi connectivity index (χ3n) is 2.15. The van der Waals surface area contributed by atoms with Crippen molar-refractivity contribution in [3.8, 4) is 22.3 Å². The van der Waals surface area contributed by atoms with E-state index in [0.29, 0.717) is 4.88 Å². The van der Waals surface area contributed by atoms with Gasteiger partial charge in [-0.25, -0.2) is 4.39 Å². The number of nitriles is 1. The summed E-state index contributed by atoms with van der Waals surface area (Å²) in [5.74, 6) is -0.173. The van der Waals surface area contributed by atoms with E-state index >= 15 is 0 Å². The molecule has 1 aromatic carbocycles. The van der Waals surface area contributed by atoms with Gasteiger partial charge in [-0.3, -0.25) is 0 Å². The third-order valence-corrected chi connectivity index (χ3v) is 3.19. The number of nitrogens with zero attached hydrogens (tertiary/aromatic N) is 1. The number of methoxy groups -OCH3 is 1. The Hall–Kier alpha value is -1.86. The van der Waals surface area contributed by atoms with Crippen LogP contribution in [-0.2, 0) is 0 Å². The Balaban J connectivity index is 2.42. The fraction of sp³-hybridized carbons (Fsp3) is 0.0833. The van der Waals surface area contributed by atoms with Gasteiger partial charge in [0.25, 0.3) is 0 Å². The molecule has 0 aliphatic rings. The predicted molar refractivity (Wildman–Crippen MR) is 61.0 cm³/mol. The summed E-state index contributed by atoms with van der Waals surface area (Å²) in [6, 6.07) is 10.3. The van der Waals surface area contributed by atoms with Crippen LogP contribution in [0.15, 0.2) is 30.3 Å². The maximum Gasteiger partial charge on any atom is 0.165 e. The first kappa shape index (κ1) is 10.7. The molecular weight excluding hydrogens is 225 g/mol. The van der Waals surface area contributed by atoms with Crippen LogP contribution in [0.4, 0.5) is 4.39 Å². The predicted octanol–water partition coefficient (Wildman–Crippen LogP) is 3.43. The summed E-state index contributed by atoms with van der Waals surface area (Å²) in [4.78, 5) is 1.49. The topological polar surface area (TPSA) is 33.0 Å². The Kier molecular flexibility index (Phi) is 2.88. The molecule has 2 nitrogen and oxygen atoms in total. The van der Waals surface area contributed by atoms with Crippen LogP contribution in [0.2, 0.25) is 0 Å². The van der Waals surface area contributed by atoms with Gasteiger partial charge in [0.2, 0.25) is 0 Å². The summed E-state index contributed by atoms with van der Waals surface area (Å²) in [6.45, 7) is 0. The zero-order chi connectivity index (χ0) is 11.5. The van der Waals surface area contributed by atoms with E-state index < -0.39 is 5.82 Å². The van der Waals surface area contributed by atoms with Crippen molar-refractivity contribution in [2.24, 2.45) is 0 Å². The molecule has 0 bridgehead atoms. The monoisotopic (exact) mass is 233 g/mol. The van der Waals surface area contributed by atoms with Crippen LogP contribution >= 0.6 is 11.3 Å². The molecule has 16 heavy (non-hydrogen) atoms. The van der Waals surface area contributed by atoms with Crippen molar-refractivity contribution in [2.45, 2.75) is 0 Å². The van der Waals surface area contributed by atoms with Crippen LogP contribution in [0, 0.1) is 17.1 Å². The molecule has 0 aliphatic heterocycles. The highest BCUT2D eigenvalue weighted by atomic mass is 32.1. The Morgan fingerprint density at radius 2 is 2.12 bits per heavy atom. The Bertz CT molecular complexity index is 556. The summed E-state index contributed by atoms with van der Waals surface area (Å²) in [5.41, 5.74) is 0.754. The van der Waals surface area contributed by atoms with Crippen LogP contribution in [0.1, 0.15) is 4.88 Å². The molecular formula is C12H8FNOS. The molecule has 4 heteroatoms. The van der Waals surface area contributed by atoms with Gasteiger partial charge in [-0.05, 0) is 35.9 Å². The molecule has 0 atom stereocenters. The lowest BCUT2D eigenvalue weighted by atomic mass is 10.2. The van der Waals surface area contributed by atoms with E-state index in [-0.39, 0.29) is 5.75 Å². The van der Waals surface area contributed by atoms with Crippen LogP contribution in [0.25, 0.3) is 10.4 Å². The van der Waals surface area contributed by atoms with Gasteiger partial charge in [-0.1, -0.05) is 0 Å². The molecule has 0 unspecified atom stereocenters. The van der Waals surface area contributed by atoms with Crippen molar-refractivity contribution < 1.29 is 9.13 Å². The Labute approximate surface area is 96.5 Å². The minimum Gasteiger partial charge on any atom is -0.494 e.